The van der Waals surface area contributed by atoms with Gasteiger partial charge in [-0.15, -0.1) is 0 Å². The second-order valence-corrected chi connectivity index (χ2v) is 4.34. The Morgan fingerprint density at radius 3 is 2.21 bits per heavy atom. The predicted octanol–water partition coefficient (Wildman–Crippen LogP) is 3.83. The average Bonchev–Trinajstić information content (AvgIpc) is 2.27. The van der Waals surface area contributed by atoms with E-state index in [-0.39, 0.29) is 0 Å². The van der Waals surface area contributed by atoms with Crippen molar-refractivity contribution in [2.75, 3.05) is 12.4 Å². The van der Waals surface area contributed by atoms with Crippen LogP contribution in [0.3, 0.4) is 0 Å². The van der Waals surface area contributed by atoms with Crippen LogP contribution in [-0.4, -0.2) is 12.4 Å². The molecule has 0 saturated carbocycles. The molecule has 0 aliphatic carbocycles. The van der Waals surface area contributed by atoms with Crippen molar-refractivity contribution >= 4 is 15.9 Å². The maximum Gasteiger partial charge on any atom is 0.118 e. The lowest BCUT2D eigenvalue weighted by atomic mass is 9.90. The average molecular weight is 257 g/mol. The molecule has 0 bridgehead atoms. The van der Waals surface area contributed by atoms with Gasteiger partial charge in [0.1, 0.15) is 5.75 Å². The molecule has 0 N–H and O–H groups in total. The SMILES string of the molecule is COc1ccc(C(C)C(C)CBr)cc1. The van der Waals surface area contributed by atoms with Gasteiger partial charge in [0.05, 0.1) is 7.11 Å². The Kier molecular flexibility index (Phi) is 4.46. The summed E-state index contributed by atoms with van der Waals surface area (Å²) >= 11 is 3.52. The van der Waals surface area contributed by atoms with Crippen molar-refractivity contribution < 1.29 is 4.74 Å². The van der Waals surface area contributed by atoms with Crippen LogP contribution in [0.4, 0.5) is 0 Å². The molecule has 14 heavy (non-hydrogen) atoms. The molecule has 0 aliphatic heterocycles. The summed E-state index contributed by atoms with van der Waals surface area (Å²) in [4.78, 5) is 0. The molecule has 0 amide bonds. The number of rotatable bonds is 4. The Bertz CT molecular complexity index is 268. The molecule has 2 atom stereocenters. The van der Waals surface area contributed by atoms with Gasteiger partial charge in [0.25, 0.3) is 0 Å². The molecule has 78 valence electrons. The molecule has 0 saturated heterocycles. The number of ether oxygens (including phenoxy) is 1. The lowest BCUT2D eigenvalue weighted by Gasteiger charge is -2.18. The Morgan fingerprint density at radius 2 is 1.79 bits per heavy atom. The second-order valence-electron chi connectivity index (χ2n) is 3.69. The third-order valence-electron chi connectivity index (χ3n) is 2.74. The van der Waals surface area contributed by atoms with Gasteiger partial charge in [-0.25, -0.2) is 0 Å². The van der Waals surface area contributed by atoms with Crippen LogP contribution >= 0.6 is 15.9 Å². The molecule has 1 rings (SSSR count). The van der Waals surface area contributed by atoms with Crippen molar-refractivity contribution in [3.05, 3.63) is 29.8 Å². The van der Waals surface area contributed by atoms with E-state index in [1.165, 1.54) is 5.56 Å². The van der Waals surface area contributed by atoms with E-state index in [1.54, 1.807) is 7.11 Å². The molecule has 0 heterocycles. The molecule has 0 spiro atoms. The lowest BCUT2D eigenvalue weighted by molar-refractivity contribution is 0.414. The standard InChI is InChI=1S/C12H17BrO/c1-9(8-13)10(2)11-4-6-12(14-3)7-5-11/h4-7,9-10H,8H2,1-3H3. The summed E-state index contributed by atoms with van der Waals surface area (Å²) in [7, 11) is 1.69. The van der Waals surface area contributed by atoms with Crippen LogP contribution in [0.5, 0.6) is 5.75 Å². The molecule has 0 radical (unpaired) electrons. The van der Waals surface area contributed by atoms with Crippen LogP contribution in [0.25, 0.3) is 0 Å². The molecule has 2 unspecified atom stereocenters. The Balaban J connectivity index is 2.75. The zero-order valence-corrected chi connectivity index (χ0v) is 10.5. The highest BCUT2D eigenvalue weighted by Crippen LogP contribution is 2.26. The third-order valence-corrected chi connectivity index (χ3v) is 3.76. The topological polar surface area (TPSA) is 9.23 Å². The van der Waals surface area contributed by atoms with Gasteiger partial charge in [0.2, 0.25) is 0 Å². The first-order chi connectivity index (χ1) is 6.69. The van der Waals surface area contributed by atoms with Crippen molar-refractivity contribution in [2.45, 2.75) is 19.8 Å². The van der Waals surface area contributed by atoms with Crippen LogP contribution in [-0.2, 0) is 0 Å². The second kappa shape index (κ2) is 5.40. The number of alkyl halides is 1. The van der Waals surface area contributed by atoms with Crippen LogP contribution in [0.1, 0.15) is 25.3 Å². The van der Waals surface area contributed by atoms with Gasteiger partial charge in [0, 0.05) is 5.33 Å². The molecule has 0 aliphatic rings. The van der Waals surface area contributed by atoms with Crippen molar-refractivity contribution in [3.63, 3.8) is 0 Å². The highest BCUT2D eigenvalue weighted by Gasteiger charge is 2.12. The summed E-state index contributed by atoms with van der Waals surface area (Å²) < 4.78 is 5.13. The van der Waals surface area contributed by atoms with Crippen molar-refractivity contribution in [1.82, 2.24) is 0 Å². The summed E-state index contributed by atoms with van der Waals surface area (Å²) in [6, 6.07) is 8.32. The zero-order valence-electron chi connectivity index (χ0n) is 8.96. The maximum atomic E-state index is 5.13. The lowest BCUT2D eigenvalue weighted by Crippen LogP contribution is -2.07. The highest BCUT2D eigenvalue weighted by atomic mass is 79.9. The van der Waals surface area contributed by atoms with E-state index in [4.69, 9.17) is 4.74 Å². The first-order valence-corrected chi connectivity index (χ1v) is 6.01. The van der Waals surface area contributed by atoms with Crippen molar-refractivity contribution in [3.8, 4) is 5.75 Å². The third kappa shape index (κ3) is 2.74. The number of benzene rings is 1. The summed E-state index contributed by atoms with van der Waals surface area (Å²) in [5.41, 5.74) is 1.37. The molecular formula is C12H17BrO. The first kappa shape index (κ1) is 11.6. The van der Waals surface area contributed by atoms with E-state index in [0.717, 1.165) is 11.1 Å². The van der Waals surface area contributed by atoms with Gasteiger partial charge in [-0.2, -0.15) is 0 Å². The minimum atomic E-state index is 0.584. The summed E-state index contributed by atoms with van der Waals surface area (Å²) in [5.74, 6) is 2.16. The smallest absolute Gasteiger partial charge is 0.118 e. The fourth-order valence-corrected chi connectivity index (χ4v) is 1.93. The maximum absolute atomic E-state index is 5.13. The fraction of sp³-hybridized carbons (Fsp3) is 0.500. The van der Waals surface area contributed by atoms with Crippen LogP contribution in [0.15, 0.2) is 24.3 Å². The fourth-order valence-electron chi connectivity index (χ4n) is 1.37. The van der Waals surface area contributed by atoms with E-state index in [1.807, 2.05) is 12.1 Å². The van der Waals surface area contributed by atoms with Gasteiger partial charge in [-0.05, 0) is 29.5 Å². The summed E-state index contributed by atoms with van der Waals surface area (Å²) in [5, 5.41) is 1.04. The number of methoxy groups -OCH3 is 1. The molecule has 2 heteroatoms. The molecule has 0 fully saturated rings. The van der Waals surface area contributed by atoms with E-state index in [0.29, 0.717) is 11.8 Å². The van der Waals surface area contributed by atoms with E-state index >= 15 is 0 Å². The Labute approximate surface area is 94.6 Å². The quantitative estimate of drug-likeness (QED) is 0.745. The molecule has 1 aromatic carbocycles. The summed E-state index contributed by atoms with van der Waals surface area (Å²) in [6.45, 7) is 4.51. The van der Waals surface area contributed by atoms with Crippen LogP contribution in [0.2, 0.25) is 0 Å². The molecule has 0 aromatic heterocycles. The van der Waals surface area contributed by atoms with Crippen molar-refractivity contribution in [2.24, 2.45) is 5.92 Å². The Morgan fingerprint density at radius 1 is 1.21 bits per heavy atom. The van der Waals surface area contributed by atoms with Crippen molar-refractivity contribution in [1.29, 1.82) is 0 Å². The van der Waals surface area contributed by atoms with Crippen LogP contribution in [0, 0.1) is 5.92 Å². The van der Waals surface area contributed by atoms with E-state index in [2.05, 4.69) is 41.9 Å². The first-order valence-electron chi connectivity index (χ1n) is 4.89. The number of hydrogen-bond acceptors (Lipinski definition) is 1. The predicted molar refractivity (Wildman–Crippen MR) is 64.4 cm³/mol. The Hall–Kier alpha value is -0.500. The monoisotopic (exact) mass is 256 g/mol. The van der Waals surface area contributed by atoms with Gasteiger partial charge >= 0.3 is 0 Å². The number of hydrogen-bond donors (Lipinski definition) is 0. The van der Waals surface area contributed by atoms with Gasteiger partial charge in [-0.3, -0.25) is 0 Å². The summed E-state index contributed by atoms with van der Waals surface area (Å²) in [6.07, 6.45) is 0. The van der Waals surface area contributed by atoms with E-state index < -0.39 is 0 Å². The minimum absolute atomic E-state index is 0.584. The molecule has 1 aromatic rings. The minimum Gasteiger partial charge on any atom is -0.497 e. The molecule has 1 nitrogen and oxygen atoms in total. The highest BCUT2D eigenvalue weighted by molar-refractivity contribution is 9.09. The van der Waals surface area contributed by atoms with Gasteiger partial charge < -0.3 is 4.74 Å². The largest absolute Gasteiger partial charge is 0.497 e. The normalized spacial score (nSPS) is 14.9. The van der Waals surface area contributed by atoms with E-state index in [9.17, 15) is 0 Å². The zero-order chi connectivity index (χ0) is 10.6. The molecular weight excluding hydrogens is 240 g/mol. The number of halogens is 1. The van der Waals surface area contributed by atoms with Gasteiger partial charge in [-0.1, -0.05) is 41.9 Å². The van der Waals surface area contributed by atoms with Gasteiger partial charge in [0.15, 0.2) is 0 Å². The van der Waals surface area contributed by atoms with Crippen LogP contribution < -0.4 is 4.74 Å².